The molecule has 0 heterocycles. The minimum atomic E-state index is -2.23. The highest BCUT2D eigenvalue weighted by Gasteiger charge is 2.36. The molecule has 0 radical (unpaired) electrons. The number of isocyanates is 2. The van der Waals surface area contributed by atoms with E-state index in [1.807, 2.05) is 36.4 Å². The van der Waals surface area contributed by atoms with Gasteiger partial charge in [0.2, 0.25) is 28.8 Å². The Morgan fingerprint density at radius 2 is 1.16 bits per heavy atom. The van der Waals surface area contributed by atoms with Crippen LogP contribution in [0.1, 0.15) is 0 Å². The van der Waals surface area contributed by atoms with Gasteiger partial charge in [-0.3, -0.25) is 0 Å². The highest BCUT2D eigenvalue weighted by molar-refractivity contribution is 6.96. The van der Waals surface area contributed by atoms with Crippen LogP contribution in [0, 0.1) is 0 Å². The van der Waals surface area contributed by atoms with Crippen LogP contribution in [0.3, 0.4) is 0 Å². The molecule has 7 heteroatoms. The van der Waals surface area contributed by atoms with Crippen molar-refractivity contribution in [3.8, 4) is 0 Å². The van der Waals surface area contributed by atoms with E-state index in [-0.39, 0.29) is 0 Å². The summed E-state index contributed by atoms with van der Waals surface area (Å²) in [5.74, 6) is 0. The lowest BCUT2D eigenvalue weighted by Gasteiger charge is -2.34. The van der Waals surface area contributed by atoms with Gasteiger partial charge in [0.25, 0.3) is 0 Å². The summed E-state index contributed by atoms with van der Waals surface area (Å²) >= 11 is 0. The molecule has 0 aliphatic heterocycles. The second-order valence-corrected chi connectivity index (χ2v) is 14.6. The third-order valence-corrected chi connectivity index (χ3v) is 11.4. The Hall–Kier alpha value is -2.41. The van der Waals surface area contributed by atoms with Gasteiger partial charge < -0.3 is 4.12 Å². The number of rotatable bonds is 6. The van der Waals surface area contributed by atoms with Gasteiger partial charge in [-0.2, -0.15) is 9.98 Å². The lowest BCUT2D eigenvalue weighted by atomic mass is 10.3. The van der Waals surface area contributed by atoms with Crippen molar-refractivity contribution in [1.82, 2.24) is 0 Å². The smallest absolute Gasteiger partial charge is 0.240 e. The van der Waals surface area contributed by atoms with Crippen molar-refractivity contribution in [3.63, 3.8) is 0 Å². The minimum absolute atomic E-state index is 0.582. The van der Waals surface area contributed by atoms with Crippen LogP contribution >= 0.6 is 0 Å². The molecule has 0 N–H and O–H groups in total. The van der Waals surface area contributed by atoms with Crippen molar-refractivity contribution in [2.75, 3.05) is 0 Å². The Bertz CT molecular complexity index is 797. The molecule has 25 heavy (non-hydrogen) atoms. The first-order chi connectivity index (χ1) is 11.8. The average molecular weight is 369 g/mol. The van der Waals surface area contributed by atoms with E-state index in [0.29, 0.717) is 11.4 Å². The minimum Gasteiger partial charge on any atom is -0.449 e. The molecule has 5 nitrogen and oxygen atoms in total. The Balaban J connectivity index is 2.34. The number of nitrogens with zero attached hydrogens (tertiary/aromatic N) is 2. The Labute approximate surface area is 149 Å². The first kappa shape index (κ1) is 18.9. The summed E-state index contributed by atoms with van der Waals surface area (Å²) in [4.78, 5) is 28.4. The molecule has 2 aromatic rings. The van der Waals surface area contributed by atoms with Crippen LogP contribution in [0.15, 0.2) is 58.5 Å². The van der Waals surface area contributed by atoms with E-state index < -0.39 is 16.6 Å². The Morgan fingerprint density at radius 1 is 0.760 bits per heavy atom. The van der Waals surface area contributed by atoms with Crippen LogP contribution in [0.5, 0.6) is 0 Å². The van der Waals surface area contributed by atoms with Gasteiger partial charge in [0.05, 0.1) is 11.4 Å². The summed E-state index contributed by atoms with van der Waals surface area (Å²) in [6.45, 7) is 8.50. The van der Waals surface area contributed by atoms with Crippen molar-refractivity contribution in [3.05, 3.63) is 48.5 Å². The summed E-state index contributed by atoms with van der Waals surface area (Å²) in [6, 6.07) is 15.1. The van der Waals surface area contributed by atoms with Crippen molar-refractivity contribution >= 4 is 50.5 Å². The van der Waals surface area contributed by atoms with Gasteiger partial charge in [-0.05, 0) is 60.8 Å². The molecule has 0 saturated heterocycles. The number of hydrogen-bond acceptors (Lipinski definition) is 5. The zero-order valence-corrected chi connectivity index (χ0v) is 16.7. The predicted molar refractivity (Wildman–Crippen MR) is 104 cm³/mol. The predicted octanol–water partition coefficient (Wildman–Crippen LogP) is 3.16. The van der Waals surface area contributed by atoms with Crippen molar-refractivity contribution in [2.45, 2.75) is 26.2 Å². The molecule has 0 aliphatic carbocycles. The SMILES string of the molecule is C[Si](C)(O[Si](C)(C)c1cccc(N=C=O)c1)c1cccc(N=C=O)c1. The standard InChI is InChI=1S/C18H20N2O3Si2/c1-24(2,17-9-5-7-15(11-17)19-13-21)23-25(3,4)18-10-6-8-16(12-18)20-14-22/h5-12H,1-4H3. The van der Waals surface area contributed by atoms with Crippen LogP contribution in [-0.2, 0) is 13.7 Å². The van der Waals surface area contributed by atoms with Gasteiger partial charge in [-0.15, -0.1) is 0 Å². The number of aliphatic imine (C=N–C) groups is 2. The molecule has 0 saturated carbocycles. The quantitative estimate of drug-likeness (QED) is 0.447. The molecule has 0 amide bonds. The second-order valence-electron chi connectivity index (χ2n) is 6.63. The van der Waals surface area contributed by atoms with E-state index in [0.717, 1.165) is 10.4 Å². The largest absolute Gasteiger partial charge is 0.449 e. The summed E-state index contributed by atoms with van der Waals surface area (Å²) < 4.78 is 6.66. The third-order valence-electron chi connectivity index (χ3n) is 3.94. The molecule has 128 valence electrons. The second kappa shape index (κ2) is 7.65. The molecular formula is C18H20N2O3Si2. The topological polar surface area (TPSA) is 68.1 Å². The van der Waals surface area contributed by atoms with Crippen molar-refractivity contribution in [1.29, 1.82) is 0 Å². The van der Waals surface area contributed by atoms with Crippen LogP contribution in [0.2, 0.25) is 26.2 Å². The molecule has 0 aromatic heterocycles. The lowest BCUT2D eigenvalue weighted by molar-refractivity contribution is 0.564. The molecule has 0 unspecified atom stereocenters. The number of benzene rings is 2. The van der Waals surface area contributed by atoms with Gasteiger partial charge in [0, 0.05) is 0 Å². The number of hydrogen-bond donors (Lipinski definition) is 0. The highest BCUT2D eigenvalue weighted by Crippen LogP contribution is 2.19. The van der Waals surface area contributed by atoms with Crippen LogP contribution in [0.4, 0.5) is 11.4 Å². The molecule has 0 bridgehead atoms. The third kappa shape index (κ3) is 4.79. The summed E-state index contributed by atoms with van der Waals surface area (Å²) in [5.41, 5.74) is 1.16. The lowest BCUT2D eigenvalue weighted by Crippen LogP contribution is -2.57. The summed E-state index contributed by atoms with van der Waals surface area (Å²) in [5, 5.41) is 2.12. The van der Waals surface area contributed by atoms with E-state index >= 15 is 0 Å². The molecule has 0 atom stereocenters. The fourth-order valence-corrected chi connectivity index (χ4v) is 10.8. The van der Waals surface area contributed by atoms with E-state index in [9.17, 15) is 9.59 Å². The van der Waals surface area contributed by atoms with Crippen LogP contribution in [0.25, 0.3) is 0 Å². The zero-order valence-electron chi connectivity index (χ0n) is 14.7. The first-order valence-electron chi connectivity index (χ1n) is 7.85. The fourth-order valence-electron chi connectivity index (χ4n) is 2.76. The Morgan fingerprint density at radius 3 is 1.52 bits per heavy atom. The van der Waals surface area contributed by atoms with E-state index in [4.69, 9.17) is 4.12 Å². The number of carbonyl (C=O) groups excluding carboxylic acids is 2. The molecule has 2 aromatic carbocycles. The first-order valence-corrected chi connectivity index (χ1v) is 13.7. The van der Waals surface area contributed by atoms with Gasteiger partial charge in [0.1, 0.15) is 0 Å². The van der Waals surface area contributed by atoms with Crippen molar-refractivity contribution in [2.24, 2.45) is 9.98 Å². The maximum absolute atomic E-state index is 10.5. The van der Waals surface area contributed by atoms with Gasteiger partial charge in [-0.1, -0.05) is 24.3 Å². The van der Waals surface area contributed by atoms with E-state index in [2.05, 4.69) is 36.2 Å². The maximum Gasteiger partial charge on any atom is 0.240 e. The van der Waals surface area contributed by atoms with Crippen LogP contribution in [-0.4, -0.2) is 28.8 Å². The monoisotopic (exact) mass is 368 g/mol. The highest BCUT2D eigenvalue weighted by atomic mass is 28.4. The normalized spacial score (nSPS) is 11.4. The molecular weight excluding hydrogens is 348 g/mol. The average Bonchev–Trinajstić information content (AvgIpc) is 2.55. The van der Waals surface area contributed by atoms with Gasteiger partial charge in [-0.25, -0.2) is 9.59 Å². The van der Waals surface area contributed by atoms with Crippen LogP contribution < -0.4 is 10.4 Å². The summed E-state index contributed by atoms with van der Waals surface area (Å²) in [7, 11) is -4.46. The van der Waals surface area contributed by atoms with Crippen molar-refractivity contribution < 1.29 is 13.7 Å². The molecule has 0 aliphatic rings. The fraction of sp³-hybridized carbons (Fsp3) is 0.222. The molecule has 2 rings (SSSR count). The van der Waals surface area contributed by atoms with Gasteiger partial charge in [0.15, 0.2) is 0 Å². The Kier molecular flexibility index (Phi) is 5.79. The molecule has 0 fully saturated rings. The molecule has 0 spiro atoms. The maximum atomic E-state index is 10.5. The van der Waals surface area contributed by atoms with Gasteiger partial charge >= 0.3 is 0 Å². The van der Waals surface area contributed by atoms with E-state index in [1.165, 1.54) is 0 Å². The van der Waals surface area contributed by atoms with E-state index in [1.54, 1.807) is 24.3 Å². The zero-order chi connectivity index (χ0) is 18.5. The summed E-state index contributed by atoms with van der Waals surface area (Å²) in [6.07, 6.45) is 3.14.